The Balaban J connectivity index is 1.69. The molecule has 0 amide bonds. The third kappa shape index (κ3) is 4.11. The highest BCUT2D eigenvalue weighted by Gasteiger charge is 2.50. The molecule has 1 aliphatic heterocycles. The van der Waals surface area contributed by atoms with Crippen LogP contribution in [0.1, 0.15) is 68.8 Å². The highest BCUT2D eigenvalue weighted by molar-refractivity contribution is 6.31. The van der Waals surface area contributed by atoms with Crippen molar-refractivity contribution in [3.05, 3.63) is 51.6 Å². The highest BCUT2D eigenvalue weighted by atomic mass is 16.7. The number of rotatable bonds is 5. The lowest BCUT2D eigenvalue weighted by Gasteiger charge is -2.42. The van der Waals surface area contributed by atoms with Crippen LogP contribution in [0.4, 0.5) is 0 Å². The van der Waals surface area contributed by atoms with Gasteiger partial charge in [0.2, 0.25) is 5.78 Å². The molecule has 0 spiro atoms. The van der Waals surface area contributed by atoms with E-state index in [-0.39, 0.29) is 34.4 Å². The van der Waals surface area contributed by atoms with Crippen LogP contribution in [0.15, 0.2) is 18.2 Å². The number of hydrogen-bond acceptors (Lipinski definition) is 12. The van der Waals surface area contributed by atoms with Gasteiger partial charge >= 0.3 is 0 Å². The van der Waals surface area contributed by atoms with Crippen molar-refractivity contribution in [2.75, 3.05) is 13.7 Å². The minimum absolute atomic E-state index is 0.0173. The molecule has 0 bridgehead atoms. The monoisotopic (exact) mass is 543 g/mol. The zero-order chi connectivity index (χ0) is 28.4. The number of carbonyl (C=O) groups excluding carboxylic acids is 3. The van der Waals surface area contributed by atoms with Crippen molar-refractivity contribution < 1.29 is 54.1 Å². The van der Waals surface area contributed by atoms with E-state index in [0.29, 0.717) is 0 Å². The summed E-state index contributed by atoms with van der Waals surface area (Å²) < 4.78 is 17.0. The highest BCUT2D eigenvalue weighted by Crippen LogP contribution is 2.52. The van der Waals surface area contributed by atoms with Crippen molar-refractivity contribution in [2.45, 2.75) is 62.4 Å². The first-order valence-corrected chi connectivity index (χ1v) is 12.4. The van der Waals surface area contributed by atoms with Crippen LogP contribution >= 0.6 is 0 Å². The van der Waals surface area contributed by atoms with E-state index in [2.05, 4.69) is 0 Å². The number of methoxy groups -OCH3 is 1. The van der Waals surface area contributed by atoms with Crippen LogP contribution in [0.3, 0.4) is 0 Å². The smallest absolute Gasteiger partial charge is 0.202 e. The van der Waals surface area contributed by atoms with Crippen LogP contribution < -0.4 is 10.5 Å². The molecule has 0 saturated carbocycles. The Labute approximate surface area is 222 Å². The van der Waals surface area contributed by atoms with Gasteiger partial charge in [-0.2, -0.15) is 0 Å². The third-order valence-corrected chi connectivity index (χ3v) is 7.81. The number of fused-ring (bicyclic) bond motifs is 3. The quantitative estimate of drug-likeness (QED) is 0.235. The van der Waals surface area contributed by atoms with Crippen molar-refractivity contribution in [1.29, 1.82) is 0 Å². The number of hydrogen-bond donors (Lipinski definition) is 6. The van der Waals surface area contributed by atoms with Crippen molar-refractivity contribution in [3.63, 3.8) is 0 Å². The number of benzene rings is 2. The fourth-order valence-corrected chi connectivity index (χ4v) is 5.75. The van der Waals surface area contributed by atoms with E-state index in [4.69, 9.17) is 19.9 Å². The lowest BCUT2D eigenvalue weighted by atomic mass is 9.72. The maximum atomic E-state index is 13.6. The number of nitrogens with two attached hydrogens (primary N) is 1. The van der Waals surface area contributed by atoms with Crippen LogP contribution in [0.5, 0.6) is 17.2 Å². The van der Waals surface area contributed by atoms with Crippen molar-refractivity contribution in [2.24, 2.45) is 5.73 Å². The van der Waals surface area contributed by atoms with Gasteiger partial charge in [0, 0.05) is 42.0 Å². The lowest BCUT2D eigenvalue weighted by molar-refractivity contribution is -0.247. The molecule has 7 N–H and O–H groups in total. The summed E-state index contributed by atoms with van der Waals surface area (Å²) in [5, 5.41) is 53.7. The molecule has 0 aromatic heterocycles. The van der Waals surface area contributed by atoms with Gasteiger partial charge in [0.25, 0.3) is 0 Å². The number of aromatic hydroxyl groups is 2. The second kappa shape index (κ2) is 9.66. The third-order valence-electron chi connectivity index (χ3n) is 7.81. The predicted octanol–water partition coefficient (Wildman–Crippen LogP) is 0.00130. The van der Waals surface area contributed by atoms with Crippen LogP contribution in [0.2, 0.25) is 0 Å². The molecule has 1 saturated heterocycles. The van der Waals surface area contributed by atoms with E-state index in [0.717, 1.165) is 0 Å². The summed E-state index contributed by atoms with van der Waals surface area (Å²) >= 11 is 0. The number of ketones is 3. The van der Waals surface area contributed by atoms with Crippen LogP contribution in [0, 0.1) is 0 Å². The summed E-state index contributed by atoms with van der Waals surface area (Å²) in [6.45, 7) is 0.560. The first-order chi connectivity index (χ1) is 18.4. The summed E-state index contributed by atoms with van der Waals surface area (Å²) in [6, 6.07) is 3.64. The molecule has 12 heteroatoms. The standard InChI is InChI=1S/C27H29NO11/c1-10-22(31)13(28)6-17(38-10)39-15-8-27(36,16(30)9-29)7-12-19(15)26(35)21-20(24(12)33)23(32)11-4-3-5-14(37-2)18(11)25(21)34/h3-5,10,13,15,17,22,29,31,33,35-36H,6-9,28H2,1-2H3/t10-,13+,15-,17?,22+,27-/m0/s1. The largest absolute Gasteiger partial charge is 0.507 e. The van der Waals surface area contributed by atoms with Gasteiger partial charge in [-0.1, -0.05) is 12.1 Å². The molecule has 3 aliphatic rings. The fourth-order valence-electron chi connectivity index (χ4n) is 5.75. The van der Waals surface area contributed by atoms with E-state index in [1.165, 1.54) is 25.3 Å². The molecule has 0 radical (unpaired) electrons. The van der Waals surface area contributed by atoms with Gasteiger partial charge in [-0.25, -0.2) is 0 Å². The SMILES string of the molecule is COc1cccc2c1C(=O)c1c(O)c3c(c(O)c1C2=O)C[C@@](O)(C(=O)CO)C[C@@H]3OC1C[C@@H](N)[C@H](O)[C@H](C)O1. The summed E-state index contributed by atoms with van der Waals surface area (Å²) in [7, 11) is 1.32. The molecular formula is C27H29NO11. The first kappa shape index (κ1) is 27.2. The molecule has 1 unspecified atom stereocenters. The van der Waals surface area contributed by atoms with Gasteiger partial charge in [0.05, 0.1) is 42.1 Å². The Kier molecular flexibility index (Phi) is 6.74. The Morgan fingerprint density at radius 1 is 1.15 bits per heavy atom. The van der Waals surface area contributed by atoms with Crippen molar-refractivity contribution in [1.82, 2.24) is 0 Å². The number of aliphatic hydroxyl groups excluding tert-OH is 2. The van der Waals surface area contributed by atoms with Crippen LogP contribution in [-0.4, -0.2) is 86.7 Å². The Morgan fingerprint density at radius 3 is 2.49 bits per heavy atom. The predicted molar refractivity (Wildman–Crippen MR) is 132 cm³/mol. The molecule has 2 aromatic carbocycles. The maximum Gasteiger partial charge on any atom is 0.202 e. The van der Waals surface area contributed by atoms with E-state index in [9.17, 15) is 39.9 Å². The summed E-state index contributed by atoms with van der Waals surface area (Å²) in [5.74, 6) is -3.77. The summed E-state index contributed by atoms with van der Waals surface area (Å²) in [5.41, 5.74) is 2.37. The van der Waals surface area contributed by atoms with Gasteiger partial charge in [-0.15, -0.1) is 0 Å². The topological polar surface area (TPSA) is 206 Å². The molecule has 2 aliphatic carbocycles. The molecule has 39 heavy (non-hydrogen) atoms. The van der Waals surface area contributed by atoms with Crippen LogP contribution in [0.25, 0.3) is 0 Å². The van der Waals surface area contributed by atoms with Crippen molar-refractivity contribution in [3.8, 4) is 17.2 Å². The van der Waals surface area contributed by atoms with Gasteiger partial charge < -0.3 is 45.5 Å². The fraction of sp³-hybridized carbons (Fsp3) is 0.444. The van der Waals surface area contributed by atoms with Crippen LogP contribution in [-0.2, 0) is 20.7 Å². The second-order valence-electron chi connectivity index (χ2n) is 10.2. The Hall–Kier alpha value is -3.39. The van der Waals surface area contributed by atoms with Gasteiger partial charge in [-0.05, 0) is 13.0 Å². The minimum Gasteiger partial charge on any atom is -0.507 e. The molecule has 2 aromatic rings. The van der Waals surface area contributed by atoms with E-state index in [1.807, 2.05) is 0 Å². The molecule has 12 nitrogen and oxygen atoms in total. The molecule has 208 valence electrons. The Bertz CT molecular complexity index is 1380. The molecule has 1 fully saturated rings. The number of carbonyl (C=O) groups is 3. The molecular weight excluding hydrogens is 514 g/mol. The number of phenolic OH excluding ortho intramolecular Hbond substituents is 2. The molecule has 1 heterocycles. The van der Waals surface area contributed by atoms with Gasteiger partial charge in [0.1, 0.15) is 29.5 Å². The lowest BCUT2D eigenvalue weighted by Crippen LogP contribution is -2.53. The number of aliphatic hydroxyl groups is 3. The minimum atomic E-state index is -2.24. The average Bonchev–Trinajstić information content (AvgIpc) is 2.90. The van der Waals surface area contributed by atoms with E-state index < -0.39 is 95.7 Å². The normalized spacial score (nSPS) is 29.8. The zero-order valence-corrected chi connectivity index (χ0v) is 21.2. The first-order valence-electron chi connectivity index (χ1n) is 12.4. The number of phenols is 2. The van der Waals surface area contributed by atoms with E-state index >= 15 is 0 Å². The maximum absolute atomic E-state index is 13.6. The zero-order valence-electron chi connectivity index (χ0n) is 21.2. The second-order valence-corrected chi connectivity index (χ2v) is 10.2. The molecule has 6 atom stereocenters. The van der Waals surface area contributed by atoms with E-state index in [1.54, 1.807) is 6.92 Å². The van der Waals surface area contributed by atoms with Gasteiger partial charge in [0.15, 0.2) is 17.9 Å². The molecule has 5 rings (SSSR count). The average molecular weight is 544 g/mol. The number of Topliss-reactive ketones (excluding diaryl/α,β-unsaturated/α-hetero) is 1. The summed E-state index contributed by atoms with van der Waals surface area (Å²) in [6.07, 6.45) is -5.12. The Morgan fingerprint density at radius 2 is 1.85 bits per heavy atom. The van der Waals surface area contributed by atoms with Gasteiger partial charge in [-0.3, -0.25) is 14.4 Å². The van der Waals surface area contributed by atoms with Crippen molar-refractivity contribution >= 4 is 17.3 Å². The summed E-state index contributed by atoms with van der Waals surface area (Å²) in [4.78, 5) is 39.7. The number of ether oxygens (including phenoxy) is 3.